The monoisotopic (exact) mass is 224 g/mol. The Bertz CT molecular complexity index is 194. The molecule has 0 heterocycles. The minimum atomic E-state index is 0.879. The van der Waals surface area contributed by atoms with Crippen molar-refractivity contribution in [2.24, 2.45) is 35.5 Å². The summed E-state index contributed by atoms with van der Waals surface area (Å²) in [5.41, 5.74) is 0. The van der Waals surface area contributed by atoms with Gasteiger partial charge in [0.05, 0.1) is 0 Å². The molecule has 0 aromatic carbocycles. The number of hydrogen-bond donors (Lipinski definition) is 0. The van der Waals surface area contributed by atoms with Crippen LogP contribution < -0.4 is 0 Å². The average Bonchev–Trinajstić information content (AvgIpc) is 2.26. The minimum absolute atomic E-state index is 0.879. The molecule has 5 unspecified atom stereocenters. The molecule has 0 aliphatic heterocycles. The molecular formula is C16H32. The molecule has 1 fully saturated rings. The van der Waals surface area contributed by atoms with Gasteiger partial charge in [-0.25, -0.2) is 0 Å². The first-order chi connectivity index (χ1) is 7.47. The Hall–Kier alpha value is 0. The average molecular weight is 224 g/mol. The van der Waals surface area contributed by atoms with Gasteiger partial charge in [-0.2, -0.15) is 0 Å². The molecule has 0 bridgehead atoms. The van der Waals surface area contributed by atoms with Gasteiger partial charge >= 0.3 is 0 Å². The zero-order chi connectivity index (χ0) is 12.3. The highest BCUT2D eigenvalue weighted by atomic mass is 14.4. The minimum Gasteiger partial charge on any atom is -0.0651 e. The van der Waals surface area contributed by atoms with E-state index in [2.05, 4.69) is 41.5 Å². The first-order valence-corrected chi connectivity index (χ1v) is 7.47. The predicted molar refractivity (Wildman–Crippen MR) is 73.5 cm³/mol. The lowest BCUT2D eigenvalue weighted by atomic mass is 9.58. The summed E-state index contributed by atoms with van der Waals surface area (Å²) >= 11 is 0. The molecule has 5 atom stereocenters. The molecule has 1 saturated carbocycles. The summed E-state index contributed by atoms with van der Waals surface area (Å²) < 4.78 is 0. The summed E-state index contributed by atoms with van der Waals surface area (Å²) in [4.78, 5) is 0. The molecule has 0 aromatic rings. The largest absolute Gasteiger partial charge is 0.0651 e. The van der Waals surface area contributed by atoms with Gasteiger partial charge in [-0.1, -0.05) is 54.4 Å². The van der Waals surface area contributed by atoms with Crippen molar-refractivity contribution in [3.8, 4) is 0 Å². The molecule has 0 heteroatoms. The molecule has 0 saturated heterocycles. The van der Waals surface area contributed by atoms with Crippen molar-refractivity contribution in [3.63, 3.8) is 0 Å². The van der Waals surface area contributed by atoms with E-state index in [9.17, 15) is 0 Å². The Morgan fingerprint density at radius 3 is 2.06 bits per heavy atom. The smallest absolute Gasteiger partial charge is 0.0352 e. The molecular weight excluding hydrogens is 192 g/mol. The van der Waals surface area contributed by atoms with E-state index in [1.54, 1.807) is 0 Å². The molecule has 0 nitrogen and oxygen atoms in total. The van der Waals surface area contributed by atoms with E-state index in [0.29, 0.717) is 0 Å². The van der Waals surface area contributed by atoms with Gasteiger partial charge in [0.15, 0.2) is 0 Å². The highest BCUT2D eigenvalue weighted by molar-refractivity contribution is 4.89. The van der Waals surface area contributed by atoms with Crippen LogP contribution in [0.2, 0.25) is 0 Å². The van der Waals surface area contributed by atoms with E-state index < -0.39 is 0 Å². The van der Waals surface area contributed by atoms with Gasteiger partial charge in [0.2, 0.25) is 0 Å². The van der Waals surface area contributed by atoms with Gasteiger partial charge in [0, 0.05) is 0 Å². The summed E-state index contributed by atoms with van der Waals surface area (Å²) in [7, 11) is 0. The molecule has 0 amide bonds. The Morgan fingerprint density at radius 2 is 1.69 bits per heavy atom. The zero-order valence-electron chi connectivity index (χ0n) is 12.3. The van der Waals surface area contributed by atoms with Crippen LogP contribution in [0.1, 0.15) is 67.2 Å². The summed E-state index contributed by atoms with van der Waals surface area (Å²) in [6.45, 7) is 14.5. The molecule has 16 heavy (non-hydrogen) atoms. The van der Waals surface area contributed by atoms with Crippen molar-refractivity contribution in [3.05, 3.63) is 0 Å². The van der Waals surface area contributed by atoms with Crippen LogP contribution in [0.5, 0.6) is 0 Å². The zero-order valence-corrected chi connectivity index (χ0v) is 12.3. The maximum atomic E-state index is 2.47. The lowest BCUT2D eigenvalue weighted by Crippen LogP contribution is -2.39. The fourth-order valence-corrected chi connectivity index (χ4v) is 3.37. The van der Waals surface area contributed by atoms with Crippen molar-refractivity contribution < 1.29 is 0 Å². The Balaban J connectivity index is 2.43. The number of rotatable bonds is 6. The molecule has 0 N–H and O–H groups in total. The van der Waals surface area contributed by atoms with Crippen LogP contribution in [-0.4, -0.2) is 0 Å². The van der Waals surface area contributed by atoms with Crippen molar-refractivity contribution in [1.82, 2.24) is 0 Å². The van der Waals surface area contributed by atoms with Gasteiger partial charge in [-0.15, -0.1) is 0 Å². The van der Waals surface area contributed by atoms with Crippen molar-refractivity contribution >= 4 is 0 Å². The van der Waals surface area contributed by atoms with Crippen LogP contribution >= 0.6 is 0 Å². The summed E-state index contributed by atoms with van der Waals surface area (Å²) in [5, 5.41) is 0. The van der Waals surface area contributed by atoms with E-state index in [-0.39, 0.29) is 0 Å². The molecule has 96 valence electrons. The van der Waals surface area contributed by atoms with Gasteiger partial charge < -0.3 is 0 Å². The summed E-state index contributed by atoms with van der Waals surface area (Å²) in [6.07, 6.45) is 5.75. The van der Waals surface area contributed by atoms with Gasteiger partial charge in [0.1, 0.15) is 0 Å². The number of hydrogen-bond acceptors (Lipinski definition) is 0. The van der Waals surface area contributed by atoms with Crippen LogP contribution in [0.3, 0.4) is 0 Å². The van der Waals surface area contributed by atoms with E-state index in [0.717, 1.165) is 35.5 Å². The van der Waals surface area contributed by atoms with E-state index >= 15 is 0 Å². The van der Waals surface area contributed by atoms with Crippen LogP contribution in [-0.2, 0) is 0 Å². The highest BCUT2D eigenvalue weighted by Gasteiger charge is 2.40. The quantitative estimate of drug-likeness (QED) is 0.568. The van der Waals surface area contributed by atoms with Crippen LogP contribution in [0.4, 0.5) is 0 Å². The summed E-state index contributed by atoms with van der Waals surface area (Å²) in [5.74, 6) is 5.77. The highest BCUT2D eigenvalue weighted by Crippen LogP contribution is 2.48. The third kappa shape index (κ3) is 3.25. The maximum Gasteiger partial charge on any atom is -0.0352 e. The second-order valence-electron chi connectivity index (χ2n) is 6.73. The topological polar surface area (TPSA) is 0 Å². The second-order valence-corrected chi connectivity index (χ2v) is 6.73. The van der Waals surface area contributed by atoms with Crippen LogP contribution in [0, 0.1) is 35.5 Å². The molecule has 1 aliphatic carbocycles. The Labute approximate surface area is 103 Å². The first-order valence-electron chi connectivity index (χ1n) is 7.47. The lowest BCUT2D eigenvalue weighted by molar-refractivity contribution is 0.0210. The van der Waals surface area contributed by atoms with Crippen molar-refractivity contribution in [2.45, 2.75) is 67.2 Å². The molecule has 1 aliphatic rings. The lowest BCUT2D eigenvalue weighted by Gasteiger charge is -2.47. The predicted octanol–water partition coefficient (Wildman–Crippen LogP) is 5.38. The van der Waals surface area contributed by atoms with Crippen LogP contribution in [0.25, 0.3) is 0 Å². The van der Waals surface area contributed by atoms with E-state index in [1.807, 2.05) is 0 Å². The second kappa shape index (κ2) is 6.07. The third-order valence-corrected chi connectivity index (χ3v) is 5.31. The van der Waals surface area contributed by atoms with Crippen molar-refractivity contribution in [2.75, 3.05) is 0 Å². The molecule has 0 radical (unpaired) electrons. The fraction of sp³-hybridized carbons (Fsp3) is 1.00. The van der Waals surface area contributed by atoms with E-state index in [1.165, 1.54) is 25.7 Å². The Morgan fingerprint density at radius 1 is 1.06 bits per heavy atom. The van der Waals surface area contributed by atoms with Crippen molar-refractivity contribution in [1.29, 1.82) is 0 Å². The fourth-order valence-electron chi connectivity index (χ4n) is 3.37. The normalized spacial score (nSPS) is 33.6. The first kappa shape index (κ1) is 14.1. The SMILES string of the molecule is CCC(C)CCC(C(C)C)C1CC(C)C1C. The molecule has 0 spiro atoms. The maximum absolute atomic E-state index is 2.47. The molecule has 1 rings (SSSR count). The standard InChI is InChI=1S/C16H32/c1-7-12(4)8-9-15(11(2)3)16-10-13(5)14(16)6/h11-16H,7-10H2,1-6H3. The van der Waals surface area contributed by atoms with Gasteiger partial charge in [-0.05, 0) is 48.3 Å². The van der Waals surface area contributed by atoms with Gasteiger partial charge in [-0.3, -0.25) is 0 Å². The third-order valence-electron chi connectivity index (χ3n) is 5.31. The van der Waals surface area contributed by atoms with Crippen LogP contribution in [0.15, 0.2) is 0 Å². The van der Waals surface area contributed by atoms with Gasteiger partial charge in [0.25, 0.3) is 0 Å². The summed E-state index contributed by atoms with van der Waals surface area (Å²) in [6, 6.07) is 0. The molecule has 0 aromatic heterocycles. The van der Waals surface area contributed by atoms with E-state index in [4.69, 9.17) is 0 Å². The Kier molecular flexibility index (Phi) is 5.34.